The van der Waals surface area contributed by atoms with Crippen LogP contribution in [-0.4, -0.2) is 5.75 Å². The van der Waals surface area contributed by atoms with Crippen LogP contribution < -0.4 is 0 Å². The molecule has 0 aromatic carbocycles. The van der Waals surface area contributed by atoms with Crippen molar-refractivity contribution in [3.8, 4) is 6.07 Å². The maximum Gasteiger partial charge on any atom is 0.0621 e. The van der Waals surface area contributed by atoms with E-state index in [2.05, 4.69) is 6.07 Å². The zero-order valence-corrected chi connectivity index (χ0v) is 5.71. The molecule has 0 spiro atoms. The molecule has 0 rings (SSSR count). The molecule has 45 valence electrons. The smallest absolute Gasteiger partial charge is 0.0621 e. The summed E-state index contributed by atoms with van der Waals surface area (Å²) in [6, 6.07) is 2.09. The average Bonchev–Trinajstić information content (AvgIpc) is 1.81. The number of hydrogen-bond acceptors (Lipinski definition) is 1. The molecular weight excluding hydrogens is 118 g/mol. The van der Waals surface area contributed by atoms with E-state index in [1.165, 1.54) is 0 Å². The van der Waals surface area contributed by atoms with Crippen molar-refractivity contribution in [1.82, 2.24) is 0 Å². The number of rotatable bonds is 4. The molecule has 1 radical (unpaired) electrons. The first-order chi connectivity index (χ1) is 3.91. The summed E-state index contributed by atoms with van der Waals surface area (Å²) >= 11 is 4.72. The average molecular weight is 128 g/mol. The Hall–Kier alpha value is -0.160. The lowest BCUT2D eigenvalue weighted by Gasteiger charge is -1.88. The Labute approximate surface area is 56.1 Å². The Morgan fingerprint density at radius 1 is 1.25 bits per heavy atom. The number of hydrogen-bond donors (Lipinski definition) is 0. The Bertz CT molecular complexity index is 75.1. The minimum absolute atomic E-state index is 0.690. The van der Waals surface area contributed by atoms with Crippen molar-refractivity contribution in [2.45, 2.75) is 25.7 Å². The van der Waals surface area contributed by atoms with E-state index in [1.54, 1.807) is 0 Å². The molecule has 0 bridgehead atoms. The van der Waals surface area contributed by atoms with E-state index >= 15 is 0 Å². The second-order valence-corrected chi connectivity index (χ2v) is 2.08. The van der Waals surface area contributed by atoms with E-state index in [0.29, 0.717) is 6.42 Å². The summed E-state index contributed by atoms with van der Waals surface area (Å²) < 4.78 is 0. The minimum atomic E-state index is 0.690. The highest BCUT2D eigenvalue weighted by Gasteiger charge is 1.84. The number of nitriles is 1. The van der Waals surface area contributed by atoms with Gasteiger partial charge in [-0.05, 0) is 12.8 Å². The fourth-order valence-corrected chi connectivity index (χ4v) is 0.687. The first-order valence-corrected chi connectivity index (χ1v) is 3.44. The highest BCUT2D eigenvalue weighted by molar-refractivity contribution is 7.80. The van der Waals surface area contributed by atoms with Gasteiger partial charge in [0.25, 0.3) is 0 Å². The molecule has 0 atom stereocenters. The van der Waals surface area contributed by atoms with Crippen LogP contribution in [0.4, 0.5) is 0 Å². The molecule has 0 aromatic rings. The van der Waals surface area contributed by atoms with Crippen LogP contribution in [0.25, 0.3) is 0 Å². The van der Waals surface area contributed by atoms with Gasteiger partial charge in [0.2, 0.25) is 0 Å². The van der Waals surface area contributed by atoms with Gasteiger partial charge in [0, 0.05) is 12.2 Å². The fourth-order valence-electron chi connectivity index (χ4n) is 0.483. The molecule has 0 saturated heterocycles. The van der Waals surface area contributed by atoms with Crippen LogP contribution in [0.15, 0.2) is 0 Å². The van der Waals surface area contributed by atoms with Gasteiger partial charge in [-0.25, -0.2) is 0 Å². The van der Waals surface area contributed by atoms with Crippen molar-refractivity contribution in [2.24, 2.45) is 0 Å². The maximum absolute atomic E-state index is 8.09. The highest BCUT2D eigenvalue weighted by Crippen LogP contribution is 1.98. The monoisotopic (exact) mass is 128 g/mol. The molecule has 1 nitrogen and oxygen atoms in total. The zero-order valence-electron chi connectivity index (χ0n) is 4.89. The summed E-state index contributed by atoms with van der Waals surface area (Å²) in [6.45, 7) is 0. The molecule has 2 heteroatoms. The van der Waals surface area contributed by atoms with E-state index < -0.39 is 0 Å². The van der Waals surface area contributed by atoms with Crippen LogP contribution in [0.1, 0.15) is 25.7 Å². The van der Waals surface area contributed by atoms with Crippen molar-refractivity contribution >= 4 is 12.6 Å². The Kier molecular flexibility index (Phi) is 6.70. The van der Waals surface area contributed by atoms with Crippen LogP contribution in [0.5, 0.6) is 0 Å². The molecule has 0 fully saturated rings. The van der Waals surface area contributed by atoms with Gasteiger partial charge < -0.3 is 0 Å². The van der Waals surface area contributed by atoms with Crippen molar-refractivity contribution < 1.29 is 0 Å². The largest absolute Gasteiger partial charge is 0.198 e. The van der Waals surface area contributed by atoms with E-state index in [9.17, 15) is 0 Å². The van der Waals surface area contributed by atoms with Gasteiger partial charge >= 0.3 is 0 Å². The molecule has 0 N–H and O–H groups in total. The maximum atomic E-state index is 8.09. The molecule has 0 saturated carbocycles. The topological polar surface area (TPSA) is 23.8 Å². The highest BCUT2D eigenvalue weighted by atomic mass is 32.1. The van der Waals surface area contributed by atoms with E-state index in [-0.39, 0.29) is 0 Å². The van der Waals surface area contributed by atoms with E-state index in [1.807, 2.05) is 0 Å². The normalized spacial score (nSPS) is 8.50. The van der Waals surface area contributed by atoms with Crippen LogP contribution in [-0.2, 0) is 0 Å². The van der Waals surface area contributed by atoms with Gasteiger partial charge in [0.05, 0.1) is 6.07 Å². The Morgan fingerprint density at radius 2 is 2.00 bits per heavy atom. The first-order valence-electron chi connectivity index (χ1n) is 2.87. The molecular formula is C6H10NS. The van der Waals surface area contributed by atoms with Crippen LogP contribution in [0.3, 0.4) is 0 Å². The molecule has 0 unspecified atom stereocenters. The summed E-state index contributed by atoms with van der Waals surface area (Å²) in [4.78, 5) is 0. The zero-order chi connectivity index (χ0) is 6.24. The molecule has 0 aliphatic heterocycles. The number of nitrogens with zero attached hydrogens (tertiary/aromatic N) is 1. The predicted molar refractivity (Wildman–Crippen MR) is 36.5 cm³/mol. The molecule has 0 aliphatic rings. The van der Waals surface area contributed by atoms with Crippen molar-refractivity contribution in [3.63, 3.8) is 0 Å². The molecule has 0 aromatic heterocycles. The van der Waals surface area contributed by atoms with E-state index in [0.717, 1.165) is 25.0 Å². The molecule has 0 aliphatic carbocycles. The number of unbranched alkanes of at least 4 members (excludes halogenated alkanes) is 3. The lowest BCUT2D eigenvalue weighted by atomic mass is 10.2. The predicted octanol–water partition coefficient (Wildman–Crippen LogP) is 2.27. The van der Waals surface area contributed by atoms with E-state index in [4.69, 9.17) is 17.9 Å². The SMILES string of the molecule is N#CCCCCC[S]. The van der Waals surface area contributed by atoms with Gasteiger partial charge in [0.15, 0.2) is 0 Å². The van der Waals surface area contributed by atoms with Gasteiger partial charge in [-0.3, -0.25) is 0 Å². The fraction of sp³-hybridized carbons (Fsp3) is 0.833. The Balaban J connectivity index is 2.65. The lowest BCUT2D eigenvalue weighted by Crippen LogP contribution is -1.75. The third-order valence-corrected chi connectivity index (χ3v) is 1.22. The summed E-state index contributed by atoms with van der Waals surface area (Å²) in [7, 11) is 0. The van der Waals surface area contributed by atoms with Crippen LogP contribution >= 0.6 is 12.6 Å². The van der Waals surface area contributed by atoms with Gasteiger partial charge in [-0.1, -0.05) is 19.0 Å². The molecule has 8 heavy (non-hydrogen) atoms. The summed E-state index contributed by atoms with van der Waals surface area (Å²) in [5.41, 5.74) is 0. The quantitative estimate of drug-likeness (QED) is 0.533. The summed E-state index contributed by atoms with van der Waals surface area (Å²) in [6.07, 6.45) is 3.93. The van der Waals surface area contributed by atoms with Crippen LogP contribution in [0, 0.1) is 11.3 Å². The van der Waals surface area contributed by atoms with Crippen molar-refractivity contribution in [1.29, 1.82) is 5.26 Å². The van der Waals surface area contributed by atoms with Gasteiger partial charge in [0.1, 0.15) is 0 Å². The molecule has 0 amide bonds. The standard InChI is InChI=1S/C6H10NS/c7-5-3-1-2-4-6-8/h1-4,6H2. The third-order valence-electron chi connectivity index (χ3n) is 0.933. The molecule has 0 heterocycles. The lowest BCUT2D eigenvalue weighted by molar-refractivity contribution is 0.740. The van der Waals surface area contributed by atoms with Crippen molar-refractivity contribution in [3.05, 3.63) is 0 Å². The Morgan fingerprint density at radius 3 is 2.50 bits per heavy atom. The first kappa shape index (κ1) is 7.84. The second kappa shape index (κ2) is 6.84. The van der Waals surface area contributed by atoms with Crippen LogP contribution in [0.2, 0.25) is 0 Å². The van der Waals surface area contributed by atoms with Crippen molar-refractivity contribution in [2.75, 3.05) is 5.75 Å². The minimum Gasteiger partial charge on any atom is -0.198 e. The summed E-state index contributed by atoms with van der Waals surface area (Å²) in [5.74, 6) is 0.839. The second-order valence-electron chi connectivity index (χ2n) is 1.67. The van der Waals surface area contributed by atoms with Gasteiger partial charge in [-0.15, -0.1) is 0 Å². The third kappa shape index (κ3) is 5.84. The van der Waals surface area contributed by atoms with Gasteiger partial charge in [-0.2, -0.15) is 5.26 Å². The summed E-state index contributed by atoms with van der Waals surface area (Å²) in [5, 5.41) is 8.09.